The Balaban J connectivity index is 2.27. The normalized spacial score (nSPS) is 11.8. The van der Waals surface area contributed by atoms with Crippen LogP contribution in [-0.4, -0.2) is 30.0 Å². The van der Waals surface area contributed by atoms with Crippen LogP contribution in [0.3, 0.4) is 0 Å². The number of carbonyl (C=O) groups excluding carboxylic acids is 2. The molecule has 0 saturated carbocycles. The lowest BCUT2D eigenvalue weighted by atomic mass is 10.1. The number of anilines is 2. The highest BCUT2D eigenvalue weighted by molar-refractivity contribution is 6.01. The van der Waals surface area contributed by atoms with Gasteiger partial charge in [-0.2, -0.15) is 0 Å². The maximum Gasteiger partial charge on any atom is 0.320 e. The van der Waals surface area contributed by atoms with E-state index < -0.39 is 22.9 Å². The average Bonchev–Trinajstić information content (AvgIpc) is 2.79. The molecule has 3 amide bonds. The van der Waals surface area contributed by atoms with Gasteiger partial charge in [-0.25, -0.2) is 4.79 Å². The molecule has 2 rings (SSSR count). The highest BCUT2D eigenvalue weighted by Gasteiger charge is 2.24. The van der Waals surface area contributed by atoms with Crippen LogP contribution in [0.5, 0.6) is 5.75 Å². The zero-order valence-electron chi connectivity index (χ0n) is 19.5. The summed E-state index contributed by atoms with van der Waals surface area (Å²) in [5.41, 5.74) is 2.85. The highest BCUT2D eigenvalue weighted by Crippen LogP contribution is 2.28. The maximum atomic E-state index is 13.1. The zero-order chi connectivity index (χ0) is 25.3. The van der Waals surface area contributed by atoms with Crippen molar-refractivity contribution in [3.63, 3.8) is 0 Å². The Morgan fingerprint density at radius 3 is 2.44 bits per heavy atom. The number of benzene rings is 2. The lowest BCUT2D eigenvalue weighted by molar-refractivity contribution is -0.384. The Bertz CT molecular complexity index is 1150. The first-order valence-electron chi connectivity index (χ1n) is 10.4. The van der Waals surface area contributed by atoms with Crippen LogP contribution in [-0.2, 0) is 4.79 Å². The topological polar surface area (TPSA) is 123 Å². The molecule has 0 aliphatic rings. The summed E-state index contributed by atoms with van der Waals surface area (Å²) in [6.07, 6.45) is 6.88. The molecule has 0 heterocycles. The van der Waals surface area contributed by atoms with E-state index >= 15 is 0 Å². The second kappa shape index (κ2) is 12.0. The Labute approximate surface area is 198 Å². The molecule has 2 aromatic carbocycles. The average molecular weight is 465 g/mol. The van der Waals surface area contributed by atoms with Crippen molar-refractivity contribution in [2.45, 2.75) is 26.8 Å². The van der Waals surface area contributed by atoms with Gasteiger partial charge in [0.1, 0.15) is 11.8 Å². The van der Waals surface area contributed by atoms with Gasteiger partial charge < -0.3 is 20.7 Å². The van der Waals surface area contributed by atoms with E-state index in [4.69, 9.17) is 4.74 Å². The predicted molar refractivity (Wildman–Crippen MR) is 133 cm³/mol. The van der Waals surface area contributed by atoms with Crippen molar-refractivity contribution in [3.05, 3.63) is 94.1 Å². The molecule has 9 nitrogen and oxygen atoms in total. The lowest BCUT2D eigenvalue weighted by Crippen LogP contribution is -2.46. The third kappa shape index (κ3) is 7.06. The molecule has 0 fully saturated rings. The van der Waals surface area contributed by atoms with Crippen molar-refractivity contribution in [1.29, 1.82) is 0 Å². The number of nitro groups is 1. The molecule has 3 N–H and O–H groups in total. The molecule has 0 aliphatic carbocycles. The number of hydrogen-bond acceptors (Lipinski definition) is 5. The second-order valence-electron chi connectivity index (χ2n) is 7.42. The van der Waals surface area contributed by atoms with Gasteiger partial charge in [0.25, 0.3) is 11.6 Å². The molecule has 0 aromatic heterocycles. The molecule has 0 bridgehead atoms. The number of aryl methyl sites for hydroxylation is 2. The molecule has 9 heteroatoms. The number of allylic oxidation sites excluding steroid dienone is 3. The molecule has 0 radical (unpaired) electrons. The molecule has 0 aliphatic heterocycles. The largest absolute Gasteiger partial charge is 0.495 e. The van der Waals surface area contributed by atoms with Crippen molar-refractivity contribution in [3.8, 4) is 5.75 Å². The smallest absolute Gasteiger partial charge is 0.320 e. The van der Waals surface area contributed by atoms with Crippen molar-refractivity contribution >= 4 is 29.0 Å². The van der Waals surface area contributed by atoms with Crippen molar-refractivity contribution in [2.75, 3.05) is 17.7 Å². The van der Waals surface area contributed by atoms with E-state index in [1.165, 1.54) is 25.3 Å². The van der Waals surface area contributed by atoms with Crippen LogP contribution in [0, 0.1) is 24.0 Å². The number of hydrogen-bond donors (Lipinski definition) is 3. The zero-order valence-corrected chi connectivity index (χ0v) is 19.5. The van der Waals surface area contributed by atoms with Crippen LogP contribution >= 0.6 is 0 Å². The molecule has 0 spiro atoms. The summed E-state index contributed by atoms with van der Waals surface area (Å²) in [6, 6.07) is 7.40. The quantitative estimate of drug-likeness (QED) is 0.273. The number of ether oxygens (including phenoxy) is 1. The molecule has 0 unspecified atom stereocenters. The van der Waals surface area contributed by atoms with Crippen molar-refractivity contribution in [1.82, 2.24) is 5.32 Å². The van der Waals surface area contributed by atoms with Gasteiger partial charge in [0.05, 0.1) is 17.7 Å². The number of urea groups is 1. The van der Waals surface area contributed by atoms with E-state index in [1.54, 1.807) is 24.3 Å². The van der Waals surface area contributed by atoms with E-state index in [2.05, 4.69) is 22.5 Å². The predicted octanol–water partition coefficient (Wildman–Crippen LogP) is 5.04. The van der Waals surface area contributed by atoms with Crippen LogP contribution in [0.15, 0.2) is 72.9 Å². The summed E-state index contributed by atoms with van der Waals surface area (Å²) >= 11 is 0. The fraction of sp³-hybridized carbons (Fsp3) is 0.200. The van der Waals surface area contributed by atoms with E-state index in [0.29, 0.717) is 11.3 Å². The maximum absolute atomic E-state index is 13.1. The first-order chi connectivity index (χ1) is 16.2. The molecule has 2 aromatic rings. The third-order valence-electron chi connectivity index (χ3n) is 4.94. The van der Waals surface area contributed by atoms with Crippen molar-refractivity contribution < 1.29 is 19.2 Å². The van der Waals surface area contributed by atoms with Gasteiger partial charge in [-0.05, 0) is 55.7 Å². The molecule has 1 atom stereocenters. The lowest BCUT2D eigenvalue weighted by Gasteiger charge is -2.20. The standard InChI is InChI=1S/C25H28N4O5/c1-6-7-8-9-17(3)23(24(30)26-19-11-10-16(2)18(4)14-19)28-25(31)27-21-15-20(29(32)33)12-13-22(21)34-5/h6-15,23H,3H2,1-2,4-5H3,(H,26,30)(H2,27,28,31)/b7-6-,9-8-/t23-/m1/s1. The van der Waals surface area contributed by atoms with Gasteiger partial charge in [-0.3, -0.25) is 14.9 Å². The minimum atomic E-state index is -1.12. The number of carbonyl (C=O) groups is 2. The summed E-state index contributed by atoms with van der Waals surface area (Å²) in [5.74, 6) is -0.275. The summed E-state index contributed by atoms with van der Waals surface area (Å²) < 4.78 is 5.17. The SMILES string of the molecule is C=C(/C=C\C=C/C)[C@@H](NC(=O)Nc1cc([N+](=O)[O-])ccc1OC)C(=O)Nc1ccc(C)c(C)c1. The Morgan fingerprint density at radius 2 is 1.82 bits per heavy atom. The van der Waals surface area contributed by atoms with Gasteiger partial charge in [0, 0.05) is 17.8 Å². The summed E-state index contributed by atoms with van der Waals surface area (Å²) in [5, 5.41) is 19.0. The summed E-state index contributed by atoms with van der Waals surface area (Å²) in [7, 11) is 1.37. The number of non-ortho nitro benzene ring substituents is 1. The van der Waals surface area contributed by atoms with Crippen LogP contribution in [0.25, 0.3) is 0 Å². The highest BCUT2D eigenvalue weighted by atomic mass is 16.6. The number of nitrogens with one attached hydrogen (secondary N) is 3. The van der Waals surface area contributed by atoms with Gasteiger partial charge in [0.2, 0.25) is 0 Å². The fourth-order valence-corrected chi connectivity index (χ4v) is 2.94. The third-order valence-corrected chi connectivity index (χ3v) is 4.94. The first-order valence-corrected chi connectivity index (χ1v) is 10.4. The minimum Gasteiger partial charge on any atom is -0.495 e. The van der Waals surface area contributed by atoms with Crippen LogP contribution in [0.1, 0.15) is 18.1 Å². The first kappa shape index (κ1) is 25.9. The van der Waals surface area contributed by atoms with Gasteiger partial charge >= 0.3 is 6.03 Å². The van der Waals surface area contributed by atoms with Gasteiger partial charge in [-0.15, -0.1) is 0 Å². The van der Waals surface area contributed by atoms with Crippen LogP contribution < -0.4 is 20.7 Å². The Morgan fingerprint density at radius 1 is 1.09 bits per heavy atom. The van der Waals surface area contributed by atoms with E-state index in [-0.39, 0.29) is 17.1 Å². The van der Waals surface area contributed by atoms with E-state index in [9.17, 15) is 19.7 Å². The number of methoxy groups -OCH3 is 1. The molecular weight excluding hydrogens is 436 g/mol. The summed E-state index contributed by atoms with van der Waals surface area (Å²) in [4.78, 5) is 36.3. The van der Waals surface area contributed by atoms with Crippen LogP contribution in [0.4, 0.5) is 21.9 Å². The number of nitro benzene ring substituents is 1. The van der Waals surface area contributed by atoms with Gasteiger partial charge in [-0.1, -0.05) is 36.9 Å². The van der Waals surface area contributed by atoms with E-state index in [1.807, 2.05) is 39.0 Å². The monoisotopic (exact) mass is 464 g/mol. The van der Waals surface area contributed by atoms with E-state index in [0.717, 1.165) is 11.1 Å². The minimum absolute atomic E-state index is 0.0811. The number of rotatable bonds is 9. The Hall–Kier alpha value is -4.40. The molecule has 0 saturated heterocycles. The number of amides is 3. The van der Waals surface area contributed by atoms with Gasteiger partial charge in [0.15, 0.2) is 0 Å². The molecular formula is C25H28N4O5. The fourth-order valence-electron chi connectivity index (χ4n) is 2.94. The number of nitrogens with zero attached hydrogens (tertiary/aromatic N) is 1. The van der Waals surface area contributed by atoms with Crippen molar-refractivity contribution in [2.24, 2.45) is 0 Å². The van der Waals surface area contributed by atoms with Crippen LogP contribution in [0.2, 0.25) is 0 Å². The second-order valence-corrected chi connectivity index (χ2v) is 7.42. The Kier molecular flexibility index (Phi) is 9.13. The summed E-state index contributed by atoms with van der Waals surface area (Å²) in [6.45, 7) is 9.65. The molecule has 34 heavy (non-hydrogen) atoms. The molecule has 178 valence electrons.